The van der Waals surface area contributed by atoms with E-state index in [1.54, 1.807) is 0 Å². The molecule has 0 rings (SSSR count). The zero-order valence-electron chi connectivity index (χ0n) is 12.9. The number of nitrogens with one attached hydrogen (secondary N) is 1. The van der Waals surface area contributed by atoms with Crippen LogP contribution in [0.3, 0.4) is 0 Å². The third-order valence-electron chi connectivity index (χ3n) is 3.80. The van der Waals surface area contributed by atoms with Gasteiger partial charge in [0.15, 0.2) is 5.84 Å². The summed E-state index contributed by atoms with van der Waals surface area (Å²) in [5, 5.41) is 14.8. The van der Waals surface area contributed by atoms with Crippen LogP contribution in [0.5, 0.6) is 0 Å². The van der Waals surface area contributed by atoms with Crippen LogP contribution in [0.1, 0.15) is 52.4 Å². The summed E-state index contributed by atoms with van der Waals surface area (Å²) in [4.78, 5) is 12.3. The van der Waals surface area contributed by atoms with Crippen LogP contribution in [-0.4, -0.2) is 35.5 Å². The van der Waals surface area contributed by atoms with Crippen LogP contribution in [0, 0.1) is 5.41 Å². The molecule has 5 nitrogen and oxygen atoms in total. The normalized spacial score (nSPS) is 12.4. The molecule has 0 saturated heterocycles. The lowest BCUT2D eigenvalue weighted by Gasteiger charge is -2.28. The van der Waals surface area contributed by atoms with Crippen molar-refractivity contribution in [2.24, 2.45) is 16.3 Å². The molecule has 0 aromatic carbocycles. The molecule has 0 aromatic rings. The standard InChI is InChI=1S/C14H29N3O2S/c1-4-14(5-2,12(15)17-19)13(18)16-10-8-6-7-9-11-20-3/h19H,4-11H2,1-3H3,(H2,15,17)(H,16,18). The summed E-state index contributed by atoms with van der Waals surface area (Å²) in [5.74, 6) is 1.06. The number of oxime groups is 1. The predicted molar refractivity (Wildman–Crippen MR) is 86.3 cm³/mol. The minimum Gasteiger partial charge on any atom is -0.409 e. The topological polar surface area (TPSA) is 87.7 Å². The summed E-state index contributed by atoms with van der Waals surface area (Å²) in [6.45, 7) is 4.41. The Morgan fingerprint density at radius 1 is 1.25 bits per heavy atom. The van der Waals surface area contributed by atoms with Gasteiger partial charge in [-0.05, 0) is 37.7 Å². The van der Waals surface area contributed by atoms with E-state index in [4.69, 9.17) is 10.9 Å². The van der Waals surface area contributed by atoms with Gasteiger partial charge in [-0.25, -0.2) is 0 Å². The number of carbonyl (C=O) groups is 1. The van der Waals surface area contributed by atoms with Crippen molar-refractivity contribution in [3.8, 4) is 0 Å². The smallest absolute Gasteiger partial charge is 0.233 e. The molecule has 0 aliphatic heterocycles. The summed E-state index contributed by atoms with van der Waals surface area (Å²) in [7, 11) is 0. The monoisotopic (exact) mass is 303 g/mol. The van der Waals surface area contributed by atoms with Crippen LogP contribution < -0.4 is 11.1 Å². The van der Waals surface area contributed by atoms with Crippen LogP contribution in [-0.2, 0) is 4.79 Å². The SMILES string of the molecule is CCC(CC)(C(=O)NCCCCCCSC)C(N)=NO. The van der Waals surface area contributed by atoms with Crippen molar-refractivity contribution in [1.29, 1.82) is 0 Å². The van der Waals surface area contributed by atoms with Crippen molar-refractivity contribution >= 4 is 23.5 Å². The highest BCUT2D eigenvalue weighted by Gasteiger charge is 2.39. The molecular weight excluding hydrogens is 274 g/mol. The molecule has 4 N–H and O–H groups in total. The molecule has 0 spiro atoms. The van der Waals surface area contributed by atoms with Gasteiger partial charge in [0.2, 0.25) is 5.91 Å². The Morgan fingerprint density at radius 2 is 1.85 bits per heavy atom. The molecule has 0 bridgehead atoms. The second kappa shape index (κ2) is 10.8. The number of rotatable bonds is 11. The Balaban J connectivity index is 4.16. The van der Waals surface area contributed by atoms with Crippen LogP contribution in [0.4, 0.5) is 0 Å². The molecule has 118 valence electrons. The van der Waals surface area contributed by atoms with E-state index in [-0.39, 0.29) is 11.7 Å². The van der Waals surface area contributed by atoms with E-state index in [1.165, 1.54) is 18.6 Å². The Hall–Kier alpha value is -0.910. The lowest BCUT2D eigenvalue weighted by molar-refractivity contribution is -0.128. The van der Waals surface area contributed by atoms with Crippen LogP contribution in [0.2, 0.25) is 0 Å². The van der Waals surface area contributed by atoms with E-state index < -0.39 is 5.41 Å². The largest absolute Gasteiger partial charge is 0.409 e. The van der Waals surface area contributed by atoms with Gasteiger partial charge in [0.1, 0.15) is 5.41 Å². The van der Waals surface area contributed by atoms with Crippen molar-refractivity contribution in [2.45, 2.75) is 52.4 Å². The summed E-state index contributed by atoms with van der Waals surface area (Å²) in [5.41, 5.74) is 4.81. The molecule has 20 heavy (non-hydrogen) atoms. The number of unbranched alkanes of at least 4 members (excludes halogenated alkanes) is 3. The molecule has 0 aromatic heterocycles. The fourth-order valence-corrected chi connectivity index (χ4v) is 2.73. The number of amidine groups is 1. The number of hydrogen-bond acceptors (Lipinski definition) is 4. The molecule has 0 heterocycles. The first kappa shape index (κ1) is 19.1. The molecule has 0 saturated carbocycles. The van der Waals surface area contributed by atoms with E-state index in [1.807, 2.05) is 25.6 Å². The van der Waals surface area contributed by atoms with Crippen molar-refractivity contribution < 1.29 is 10.0 Å². The van der Waals surface area contributed by atoms with E-state index in [9.17, 15) is 4.79 Å². The minimum absolute atomic E-state index is 0.0000272. The van der Waals surface area contributed by atoms with Crippen molar-refractivity contribution in [3.63, 3.8) is 0 Å². The minimum atomic E-state index is -0.881. The van der Waals surface area contributed by atoms with Gasteiger partial charge in [-0.15, -0.1) is 0 Å². The average molecular weight is 303 g/mol. The maximum Gasteiger partial charge on any atom is 0.233 e. The second-order valence-electron chi connectivity index (χ2n) is 4.94. The van der Waals surface area contributed by atoms with Crippen molar-refractivity contribution in [1.82, 2.24) is 5.32 Å². The van der Waals surface area contributed by atoms with Gasteiger partial charge in [-0.2, -0.15) is 11.8 Å². The number of nitrogens with two attached hydrogens (primary N) is 1. The van der Waals surface area contributed by atoms with Gasteiger partial charge in [-0.1, -0.05) is 31.8 Å². The number of nitrogens with zero attached hydrogens (tertiary/aromatic N) is 1. The van der Waals surface area contributed by atoms with E-state index in [0.717, 1.165) is 12.8 Å². The Bertz CT molecular complexity index is 305. The number of hydrogen-bond donors (Lipinski definition) is 3. The highest BCUT2D eigenvalue weighted by atomic mass is 32.2. The maximum absolute atomic E-state index is 12.3. The fraction of sp³-hybridized carbons (Fsp3) is 0.857. The van der Waals surface area contributed by atoms with Gasteiger partial charge in [0, 0.05) is 6.54 Å². The Morgan fingerprint density at radius 3 is 2.35 bits per heavy atom. The zero-order valence-corrected chi connectivity index (χ0v) is 13.8. The Labute approximate surface area is 126 Å². The van der Waals surface area contributed by atoms with Crippen molar-refractivity contribution in [3.05, 3.63) is 0 Å². The van der Waals surface area contributed by atoms with Gasteiger partial charge in [-0.3, -0.25) is 4.79 Å². The van der Waals surface area contributed by atoms with E-state index in [0.29, 0.717) is 19.4 Å². The zero-order chi connectivity index (χ0) is 15.4. The van der Waals surface area contributed by atoms with Gasteiger partial charge < -0.3 is 16.3 Å². The molecule has 1 amide bonds. The van der Waals surface area contributed by atoms with Crippen LogP contribution in [0.15, 0.2) is 5.16 Å². The highest BCUT2D eigenvalue weighted by Crippen LogP contribution is 2.27. The van der Waals surface area contributed by atoms with Crippen molar-refractivity contribution in [2.75, 3.05) is 18.6 Å². The number of thioether (sulfide) groups is 1. The summed E-state index contributed by atoms with van der Waals surface area (Å²) in [6, 6.07) is 0. The summed E-state index contributed by atoms with van der Waals surface area (Å²) >= 11 is 1.86. The lowest BCUT2D eigenvalue weighted by Crippen LogP contribution is -2.49. The molecule has 0 aliphatic rings. The third-order valence-corrected chi connectivity index (χ3v) is 4.50. The average Bonchev–Trinajstić information content (AvgIpc) is 2.47. The first-order chi connectivity index (χ1) is 9.58. The van der Waals surface area contributed by atoms with Crippen LogP contribution >= 0.6 is 11.8 Å². The first-order valence-corrected chi connectivity index (χ1v) is 8.73. The predicted octanol–water partition coefficient (Wildman–Crippen LogP) is 2.58. The fourth-order valence-electron chi connectivity index (χ4n) is 2.24. The molecule has 0 aliphatic carbocycles. The van der Waals surface area contributed by atoms with E-state index in [2.05, 4.69) is 16.7 Å². The molecule has 0 radical (unpaired) electrons. The molecule has 0 atom stereocenters. The van der Waals surface area contributed by atoms with Gasteiger partial charge in [0.05, 0.1) is 0 Å². The van der Waals surface area contributed by atoms with Gasteiger partial charge >= 0.3 is 0 Å². The molecule has 0 unspecified atom stereocenters. The first-order valence-electron chi connectivity index (χ1n) is 7.34. The second-order valence-corrected chi connectivity index (χ2v) is 5.92. The number of carbonyl (C=O) groups excluding carboxylic acids is 1. The third kappa shape index (κ3) is 5.61. The van der Waals surface area contributed by atoms with E-state index >= 15 is 0 Å². The molecule has 0 fully saturated rings. The van der Waals surface area contributed by atoms with Crippen LogP contribution in [0.25, 0.3) is 0 Å². The highest BCUT2D eigenvalue weighted by molar-refractivity contribution is 7.98. The summed E-state index contributed by atoms with van der Waals surface area (Å²) in [6.07, 6.45) is 7.69. The molecular formula is C14H29N3O2S. The quantitative estimate of drug-likeness (QED) is 0.180. The number of amides is 1. The molecule has 6 heteroatoms. The maximum atomic E-state index is 12.3. The lowest BCUT2D eigenvalue weighted by atomic mass is 9.80. The Kier molecular flexibility index (Phi) is 10.3. The van der Waals surface area contributed by atoms with Gasteiger partial charge in [0.25, 0.3) is 0 Å². The summed E-state index contributed by atoms with van der Waals surface area (Å²) < 4.78 is 0.